The van der Waals surface area contributed by atoms with Gasteiger partial charge in [0.25, 0.3) is 10.7 Å². The lowest BCUT2D eigenvalue weighted by Crippen LogP contribution is -2.23. The summed E-state index contributed by atoms with van der Waals surface area (Å²) in [5.41, 5.74) is 5.78. The molecule has 0 radical (unpaired) electrons. The molecule has 0 spiro atoms. The van der Waals surface area contributed by atoms with Crippen LogP contribution in [-0.2, 0) is 6.67 Å². The lowest BCUT2D eigenvalue weighted by molar-refractivity contribution is 0.249. The van der Waals surface area contributed by atoms with Crippen LogP contribution in [0.4, 0.5) is 5.69 Å². The fraction of sp³-hybridized carbons (Fsp3) is 0.269. The molecule has 1 aliphatic rings. The van der Waals surface area contributed by atoms with Crippen molar-refractivity contribution in [1.29, 1.82) is 0 Å². The molecule has 5 aromatic rings. The fourth-order valence-electron chi connectivity index (χ4n) is 4.69. The lowest BCUT2D eigenvalue weighted by atomic mass is 10.1. The van der Waals surface area contributed by atoms with Gasteiger partial charge in [-0.05, 0) is 62.4 Å². The van der Waals surface area contributed by atoms with E-state index in [4.69, 9.17) is 26.7 Å². The van der Waals surface area contributed by atoms with Crippen molar-refractivity contribution < 1.29 is 4.42 Å². The molecular formula is C26H26N6OS. The zero-order chi connectivity index (χ0) is 23.2. The van der Waals surface area contributed by atoms with Gasteiger partial charge in [-0.25, -0.2) is 9.67 Å². The minimum atomic E-state index is 0.375. The van der Waals surface area contributed by atoms with Gasteiger partial charge in [0.15, 0.2) is 0 Å². The predicted molar refractivity (Wildman–Crippen MR) is 138 cm³/mol. The summed E-state index contributed by atoms with van der Waals surface area (Å²) in [6.45, 7) is 2.78. The number of anilines is 1. The number of para-hydroxylation sites is 1. The van der Waals surface area contributed by atoms with E-state index < -0.39 is 0 Å². The molecule has 0 amide bonds. The molecule has 3 aromatic heterocycles. The van der Waals surface area contributed by atoms with Crippen molar-refractivity contribution >= 4 is 39.7 Å². The number of pyridine rings is 1. The van der Waals surface area contributed by atoms with E-state index in [1.165, 1.54) is 12.8 Å². The van der Waals surface area contributed by atoms with E-state index in [1.807, 2.05) is 26.2 Å². The van der Waals surface area contributed by atoms with Crippen molar-refractivity contribution in [3.63, 3.8) is 0 Å². The van der Waals surface area contributed by atoms with E-state index in [1.54, 1.807) is 4.68 Å². The number of nitrogens with zero attached hydrogens (tertiary/aromatic N) is 5. The van der Waals surface area contributed by atoms with Gasteiger partial charge in [0.1, 0.15) is 5.69 Å². The van der Waals surface area contributed by atoms with Gasteiger partial charge in [0.2, 0.25) is 0 Å². The maximum atomic E-state index is 5.95. The molecule has 1 N–H and O–H groups in total. The average Bonchev–Trinajstić information content (AvgIpc) is 3.58. The molecule has 0 atom stereocenters. The molecule has 0 aliphatic carbocycles. The minimum Gasteiger partial charge on any atom is -0.408 e. The SMILES string of the molecule is CN(C)c1ccc(-c2nc(-c3nn(CN4CCCC4)c(=S)o3)cc3c2[nH]c2ccccc23)cc1. The first kappa shape index (κ1) is 21.1. The minimum absolute atomic E-state index is 0.375. The smallest absolute Gasteiger partial charge is 0.288 e. The highest BCUT2D eigenvalue weighted by atomic mass is 32.1. The Bertz CT molecular complexity index is 1540. The highest BCUT2D eigenvalue weighted by Gasteiger charge is 2.19. The molecule has 4 heterocycles. The molecule has 8 heteroatoms. The first-order chi connectivity index (χ1) is 16.6. The maximum absolute atomic E-state index is 5.95. The summed E-state index contributed by atoms with van der Waals surface area (Å²) >= 11 is 5.50. The largest absolute Gasteiger partial charge is 0.408 e. The maximum Gasteiger partial charge on any atom is 0.288 e. The summed E-state index contributed by atoms with van der Waals surface area (Å²) in [4.78, 5) is 13.4. The van der Waals surface area contributed by atoms with Crippen LogP contribution < -0.4 is 4.90 Å². The van der Waals surface area contributed by atoms with E-state index in [9.17, 15) is 0 Å². The van der Waals surface area contributed by atoms with Crippen molar-refractivity contribution in [3.8, 4) is 22.8 Å². The van der Waals surface area contributed by atoms with E-state index >= 15 is 0 Å². The molecule has 1 aliphatic heterocycles. The van der Waals surface area contributed by atoms with Crippen molar-refractivity contribution in [2.75, 3.05) is 32.1 Å². The van der Waals surface area contributed by atoms with Crippen LogP contribution in [0.2, 0.25) is 0 Å². The third-order valence-corrected chi connectivity index (χ3v) is 6.81. The van der Waals surface area contributed by atoms with Crippen molar-refractivity contribution in [2.24, 2.45) is 0 Å². The van der Waals surface area contributed by atoms with Crippen LogP contribution in [0.25, 0.3) is 44.6 Å². The molecule has 6 rings (SSSR count). The number of benzene rings is 2. The van der Waals surface area contributed by atoms with E-state index in [-0.39, 0.29) is 0 Å². The lowest BCUT2D eigenvalue weighted by Gasteiger charge is -2.13. The first-order valence-corrected chi connectivity index (χ1v) is 12.0. The number of hydrogen-bond donors (Lipinski definition) is 1. The molecular weight excluding hydrogens is 444 g/mol. The van der Waals surface area contributed by atoms with Crippen molar-refractivity contribution in [1.82, 2.24) is 24.6 Å². The second-order valence-corrected chi connectivity index (χ2v) is 9.38. The Morgan fingerprint density at radius 3 is 2.56 bits per heavy atom. The number of rotatable bonds is 5. The van der Waals surface area contributed by atoms with Crippen LogP contribution in [0.1, 0.15) is 12.8 Å². The summed E-state index contributed by atoms with van der Waals surface area (Å²) in [6, 6.07) is 18.8. The van der Waals surface area contributed by atoms with E-state index in [2.05, 4.69) is 57.2 Å². The number of likely N-dealkylation sites (tertiary alicyclic amines) is 1. The Morgan fingerprint density at radius 1 is 1.03 bits per heavy atom. The zero-order valence-electron chi connectivity index (χ0n) is 19.3. The number of nitrogens with one attached hydrogen (secondary N) is 1. The van der Waals surface area contributed by atoms with Gasteiger partial charge in [0.05, 0.1) is 17.9 Å². The molecule has 0 saturated carbocycles. The van der Waals surface area contributed by atoms with E-state index in [0.717, 1.165) is 51.8 Å². The summed E-state index contributed by atoms with van der Waals surface area (Å²) in [5.74, 6) is 0.447. The third-order valence-electron chi connectivity index (χ3n) is 6.51. The van der Waals surface area contributed by atoms with Crippen molar-refractivity contribution in [3.05, 3.63) is 59.4 Å². The number of hydrogen-bond acceptors (Lipinski definition) is 6. The summed E-state index contributed by atoms with van der Waals surface area (Å²) in [5, 5.41) is 6.94. The van der Waals surface area contributed by atoms with Crippen LogP contribution >= 0.6 is 12.2 Å². The second kappa shape index (κ2) is 8.38. The molecule has 34 heavy (non-hydrogen) atoms. The fourth-order valence-corrected chi connectivity index (χ4v) is 4.87. The first-order valence-electron chi connectivity index (χ1n) is 11.6. The summed E-state index contributed by atoms with van der Waals surface area (Å²) < 4.78 is 7.72. The predicted octanol–water partition coefficient (Wildman–Crippen LogP) is 5.69. The van der Waals surface area contributed by atoms with Gasteiger partial charge in [0, 0.05) is 41.6 Å². The Kier molecular flexibility index (Phi) is 5.19. The van der Waals surface area contributed by atoms with Crippen LogP contribution in [0.3, 0.4) is 0 Å². The zero-order valence-corrected chi connectivity index (χ0v) is 20.1. The molecule has 7 nitrogen and oxygen atoms in total. The number of fused-ring (bicyclic) bond motifs is 3. The van der Waals surface area contributed by atoms with Gasteiger partial charge >= 0.3 is 0 Å². The van der Waals surface area contributed by atoms with E-state index in [0.29, 0.717) is 23.1 Å². The Balaban J connectivity index is 1.51. The summed E-state index contributed by atoms with van der Waals surface area (Å²) in [6.07, 6.45) is 2.43. The molecule has 2 aromatic carbocycles. The molecule has 0 unspecified atom stereocenters. The molecule has 1 saturated heterocycles. The van der Waals surface area contributed by atoms with Gasteiger partial charge < -0.3 is 14.3 Å². The topological polar surface area (TPSA) is 66.1 Å². The number of H-pyrrole nitrogens is 1. The molecule has 0 bridgehead atoms. The van der Waals surface area contributed by atoms with Gasteiger partial charge in [-0.2, -0.15) is 0 Å². The van der Waals surface area contributed by atoms with Crippen LogP contribution in [-0.4, -0.2) is 51.8 Å². The van der Waals surface area contributed by atoms with Crippen LogP contribution in [0, 0.1) is 4.84 Å². The number of aromatic amines is 1. The average molecular weight is 471 g/mol. The van der Waals surface area contributed by atoms with Gasteiger partial charge in [-0.1, -0.05) is 30.3 Å². The van der Waals surface area contributed by atoms with Crippen molar-refractivity contribution in [2.45, 2.75) is 19.5 Å². The highest BCUT2D eigenvalue weighted by Crippen LogP contribution is 2.35. The Hall–Kier alpha value is -3.49. The van der Waals surface area contributed by atoms with Crippen LogP contribution in [0.15, 0.2) is 59.0 Å². The van der Waals surface area contributed by atoms with Crippen LogP contribution in [0.5, 0.6) is 0 Å². The Labute approximate surface area is 202 Å². The highest BCUT2D eigenvalue weighted by molar-refractivity contribution is 7.71. The standard InChI is InChI=1S/C26H26N6OS/c1-30(2)18-11-9-17(10-12-18)23-24-20(19-7-3-4-8-21(19)27-24)15-22(28-23)25-29-32(26(34)33-25)16-31-13-5-6-14-31/h3-4,7-12,15,27H,5-6,13-14,16H2,1-2H3. The summed E-state index contributed by atoms with van der Waals surface area (Å²) in [7, 11) is 4.08. The molecule has 1 fully saturated rings. The molecule has 172 valence electrons. The van der Waals surface area contributed by atoms with Gasteiger partial charge in [-0.15, -0.1) is 5.10 Å². The number of aromatic nitrogens is 4. The Morgan fingerprint density at radius 2 is 1.79 bits per heavy atom. The monoisotopic (exact) mass is 470 g/mol. The third kappa shape index (κ3) is 3.69. The second-order valence-electron chi connectivity index (χ2n) is 9.03. The van der Waals surface area contributed by atoms with Gasteiger partial charge in [-0.3, -0.25) is 4.90 Å². The quantitative estimate of drug-likeness (QED) is 0.333. The normalized spacial score (nSPS) is 14.4.